The molecule has 178 valence electrons. The van der Waals surface area contributed by atoms with Crippen LogP contribution in [0.15, 0.2) is 0 Å². The molecule has 0 spiro atoms. The second-order valence-corrected chi connectivity index (χ2v) is 8.60. The van der Waals surface area contributed by atoms with Crippen LogP contribution < -0.4 is 16.4 Å². The average Bonchev–Trinajstić information content (AvgIpc) is 3.20. The van der Waals surface area contributed by atoms with Crippen molar-refractivity contribution < 1.29 is 22.7 Å². The number of hydrogen-bond donors (Lipinski definition) is 3. The van der Waals surface area contributed by atoms with Crippen LogP contribution in [0.5, 0.6) is 0 Å². The predicted octanol–water partition coefficient (Wildman–Crippen LogP) is 4.30. The first-order valence-corrected chi connectivity index (χ1v) is 11.7. The summed E-state index contributed by atoms with van der Waals surface area (Å²) in [6, 6.07) is 0.167. The van der Waals surface area contributed by atoms with Gasteiger partial charge in [0.1, 0.15) is 5.54 Å². The molecule has 0 aromatic heterocycles. The number of amides is 1. The van der Waals surface area contributed by atoms with Gasteiger partial charge >= 0.3 is 6.18 Å². The van der Waals surface area contributed by atoms with Crippen LogP contribution >= 0.6 is 0 Å². The summed E-state index contributed by atoms with van der Waals surface area (Å²) < 4.78 is 45.4. The lowest BCUT2D eigenvalue weighted by Crippen LogP contribution is -2.66. The molecule has 1 aliphatic heterocycles. The number of carbonyl (C=O) groups excluding carboxylic acids is 1. The Morgan fingerprint density at radius 2 is 1.90 bits per heavy atom. The third kappa shape index (κ3) is 8.71. The minimum Gasteiger partial charge on any atom is -0.374 e. The van der Waals surface area contributed by atoms with E-state index in [1.807, 2.05) is 0 Å². The SMILES string of the molecule is CCCCCCC(CCC)C(OC[C@H]1CCCN1)C(CC)(NCC(F)(F)F)C(N)=O. The summed E-state index contributed by atoms with van der Waals surface area (Å²) in [4.78, 5) is 12.6. The summed E-state index contributed by atoms with van der Waals surface area (Å²) in [5, 5.41) is 5.85. The second kappa shape index (κ2) is 13.5. The van der Waals surface area contributed by atoms with E-state index < -0.39 is 30.3 Å². The monoisotopic (exact) mass is 437 g/mol. The van der Waals surface area contributed by atoms with Crippen LogP contribution in [0.1, 0.15) is 85.0 Å². The summed E-state index contributed by atoms with van der Waals surface area (Å²) in [6.45, 7) is 5.92. The van der Waals surface area contributed by atoms with Gasteiger partial charge in [0.05, 0.1) is 19.3 Å². The molecule has 1 heterocycles. The number of ether oxygens (including phenoxy) is 1. The summed E-state index contributed by atoms with van der Waals surface area (Å²) in [5.41, 5.74) is 4.20. The Balaban J connectivity index is 3.12. The van der Waals surface area contributed by atoms with Crippen LogP contribution in [0.2, 0.25) is 0 Å². The zero-order chi connectivity index (χ0) is 22.6. The van der Waals surface area contributed by atoms with Crippen molar-refractivity contribution in [3.8, 4) is 0 Å². The number of halogens is 3. The fourth-order valence-electron chi connectivity index (χ4n) is 4.54. The van der Waals surface area contributed by atoms with Crippen molar-refractivity contribution in [3.63, 3.8) is 0 Å². The van der Waals surface area contributed by atoms with Gasteiger partial charge in [-0.15, -0.1) is 0 Å². The normalized spacial score (nSPS) is 21.3. The van der Waals surface area contributed by atoms with Crippen molar-refractivity contribution >= 4 is 5.91 Å². The maximum Gasteiger partial charge on any atom is 0.401 e. The number of primary amides is 1. The smallest absolute Gasteiger partial charge is 0.374 e. The summed E-state index contributed by atoms with van der Waals surface area (Å²) in [6.07, 6.45) is 3.79. The Morgan fingerprint density at radius 1 is 1.17 bits per heavy atom. The number of unbranched alkanes of at least 4 members (excludes halogenated alkanes) is 3. The van der Waals surface area contributed by atoms with E-state index in [0.717, 1.165) is 64.3 Å². The molecule has 0 radical (unpaired) electrons. The Morgan fingerprint density at radius 3 is 2.40 bits per heavy atom. The van der Waals surface area contributed by atoms with Gasteiger partial charge in [0, 0.05) is 6.04 Å². The van der Waals surface area contributed by atoms with Gasteiger partial charge in [0.25, 0.3) is 0 Å². The van der Waals surface area contributed by atoms with Crippen LogP contribution in [-0.4, -0.2) is 49.5 Å². The van der Waals surface area contributed by atoms with Gasteiger partial charge in [-0.05, 0) is 44.6 Å². The molecule has 0 saturated carbocycles. The molecule has 1 fully saturated rings. The molecule has 1 saturated heterocycles. The standard InChI is InChI=1S/C22H42F3N3O2/c1-4-7-8-9-12-17(11-5-2)19(30-15-18-13-10-14-27-18)21(6-3,20(26)29)28-16-22(23,24)25/h17-19,27-28H,4-16H2,1-3H3,(H2,26,29)/t17?,18-,19?,21?/m1/s1. The molecule has 1 rings (SSSR count). The van der Waals surface area contributed by atoms with Crippen molar-refractivity contribution in [2.75, 3.05) is 19.7 Å². The van der Waals surface area contributed by atoms with Gasteiger partial charge in [-0.2, -0.15) is 13.2 Å². The minimum atomic E-state index is -4.44. The van der Waals surface area contributed by atoms with Gasteiger partial charge in [-0.25, -0.2) is 0 Å². The number of alkyl halides is 3. The maximum atomic E-state index is 13.1. The van der Waals surface area contributed by atoms with Crippen molar-refractivity contribution in [2.45, 2.75) is 109 Å². The van der Waals surface area contributed by atoms with E-state index in [1.54, 1.807) is 6.92 Å². The molecule has 1 aliphatic rings. The largest absolute Gasteiger partial charge is 0.401 e. The van der Waals surface area contributed by atoms with E-state index in [9.17, 15) is 18.0 Å². The van der Waals surface area contributed by atoms with E-state index in [-0.39, 0.29) is 18.4 Å². The third-order valence-corrected chi connectivity index (χ3v) is 6.24. The number of nitrogens with one attached hydrogen (secondary N) is 2. The Bertz CT molecular complexity index is 485. The number of carbonyl (C=O) groups is 1. The van der Waals surface area contributed by atoms with E-state index in [1.165, 1.54) is 0 Å². The van der Waals surface area contributed by atoms with Crippen molar-refractivity contribution in [1.82, 2.24) is 10.6 Å². The zero-order valence-corrected chi connectivity index (χ0v) is 19.0. The highest BCUT2D eigenvalue weighted by Gasteiger charge is 2.48. The first-order valence-electron chi connectivity index (χ1n) is 11.7. The van der Waals surface area contributed by atoms with Crippen LogP contribution in [0.4, 0.5) is 13.2 Å². The average molecular weight is 438 g/mol. The summed E-state index contributed by atoms with van der Waals surface area (Å²) in [5.74, 6) is -0.797. The Kier molecular flexibility index (Phi) is 12.3. The molecule has 3 unspecified atom stereocenters. The van der Waals surface area contributed by atoms with E-state index >= 15 is 0 Å². The molecule has 4 N–H and O–H groups in total. The molecule has 8 heteroatoms. The molecular weight excluding hydrogens is 395 g/mol. The first-order chi connectivity index (χ1) is 14.2. The van der Waals surface area contributed by atoms with Gasteiger partial charge in [-0.1, -0.05) is 52.9 Å². The van der Waals surface area contributed by atoms with E-state index in [2.05, 4.69) is 24.5 Å². The quantitative estimate of drug-likeness (QED) is 0.315. The summed E-state index contributed by atoms with van der Waals surface area (Å²) >= 11 is 0. The molecule has 4 atom stereocenters. The second-order valence-electron chi connectivity index (χ2n) is 8.60. The predicted molar refractivity (Wildman–Crippen MR) is 114 cm³/mol. The Hall–Kier alpha value is -0.860. The van der Waals surface area contributed by atoms with Crippen LogP contribution in [-0.2, 0) is 9.53 Å². The molecular formula is C22H42F3N3O2. The van der Waals surface area contributed by atoms with Crippen molar-refractivity contribution in [3.05, 3.63) is 0 Å². The topological polar surface area (TPSA) is 76.4 Å². The van der Waals surface area contributed by atoms with Gasteiger partial charge in [-0.3, -0.25) is 10.1 Å². The first kappa shape index (κ1) is 27.2. The Labute approximate surface area is 180 Å². The van der Waals surface area contributed by atoms with Gasteiger partial charge in [0.15, 0.2) is 0 Å². The number of nitrogens with two attached hydrogens (primary N) is 1. The number of hydrogen-bond acceptors (Lipinski definition) is 4. The van der Waals surface area contributed by atoms with Crippen molar-refractivity contribution in [2.24, 2.45) is 11.7 Å². The molecule has 1 amide bonds. The van der Waals surface area contributed by atoms with Crippen LogP contribution in [0.3, 0.4) is 0 Å². The van der Waals surface area contributed by atoms with Crippen molar-refractivity contribution in [1.29, 1.82) is 0 Å². The van der Waals surface area contributed by atoms with E-state index in [0.29, 0.717) is 6.61 Å². The maximum absolute atomic E-state index is 13.1. The third-order valence-electron chi connectivity index (χ3n) is 6.24. The van der Waals surface area contributed by atoms with Gasteiger partial charge < -0.3 is 15.8 Å². The molecule has 0 bridgehead atoms. The fourth-order valence-corrected chi connectivity index (χ4v) is 4.54. The molecule has 5 nitrogen and oxygen atoms in total. The zero-order valence-electron chi connectivity index (χ0n) is 19.0. The summed E-state index contributed by atoms with van der Waals surface area (Å²) in [7, 11) is 0. The van der Waals surface area contributed by atoms with Crippen LogP contribution in [0, 0.1) is 5.92 Å². The lowest BCUT2D eigenvalue weighted by molar-refractivity contribution is -0.150. The highest BCUT2D eigenvalue weighted by atomic mass is 19.4. The molecule has 0 aromatic carbocycles. The fraction of sp³-hybridized carbons (Fsp3) is 0.955. The molecule has 0 aromatic rings. The van der Waals surface area contributed by atoms with Gasteiger partial charge in [0.2, 0.25) is 5.91 Å². The van der Waals surface area contributed by atoms with Crippen LogP contribution in [0.25, 0.3) is 0 Å². The number of rotatable bonds is 16. The highest BCUT2D eigenvalue weighted by Crippen LogP contribution is 2.33. The minimum absolute atomic E-state index is 0.0264. The lowest BCUT2D eigenvalue weighted by Gasteiger charge is -2.43. The van der Waals surface area contributed by atoms with E-state index in [4.69, 9.17) is 10.5 Å². The molecule has 0 aliphatic carbocycles. The highest BCUT2D eigenvalue weighted by molar-refractivity contribution is 5.85. The molecule has 30 heavy (non-hydrogen) atoms. The lowest BCUT2D eigenvalue weighted by atomic mass is 9.77.